The molecule has 32 heavy (non-hydrogen) atoms. The molecule has 0 aliphatic carbocycles. The van der Waals surface area contributed by atoms with E-state index in [0.717, 1.165) is 12.8 Å². The standard InChI is InChI=1S/C26H46NO4P/c1-5-8-16-32(17-9-6-2,18-10-7-3)19-12-11-13-26(29)23-14-15-24(22(4)21-28)25(20-23)27(30)31/h14-15,20,22,28,32H,5-13,16-19,21H2,1-4H3. The van der Waals surface area contributed by atoms with E-state index in [2.05, 4.69) is 20.8 Å². The molecule has 1 rings (SSSR count). The van der Waals surface area contributed by atoms with Crippen molar-refractivity contribution in [2.75, 3.05) is 31.3 Å². The summed E-state index contributed by atoms with van der Waals surface area (Å²) in [4.78, 5) is 23.8. The molecule has 6 heteroatoms. The van der Waals surface area contributed by atoms with Crippen molar-refractivity contribution in [3.8, 4) is 0 Å². The number of hydrogen-bond acceptors (Lipinski definition) is 4. The molecule has 0 aromatic heterocycles. The van der Waals surface area contributed by atoms with Gasteiger partial charge in [-0.1, -0.05) is 0 Å². The normalized spacial score (nSPS) is 13.2. The number of unbranched alkanes of at least 4 members (excludes halogenated alkanes) is 4. The van der Waals surface area contributed by atoms with Crippen LogP contribution in [0.2, 0.25) is 0 Å². The number of aliphatic hydroxyl groups excluding tert-OH is 1. The van der Waals surface area contributed by atoms with Crippen LogP contribution in [0.5, 0.6) is 0 Å². The predicted octanol–water partition coefficient (Wildman–Crippen LogP) is 7.19. The molecule has 184 valence electrons. The average molecular weight is 468 g/mol. The fraction of sp³-hybridized carbons (Fsp3) is 0.731. The van der Waals surface area contributed by atoms with E-state index in [9.17, 15) is 20.0 Å². The zero-order valence-electron chi connectivity index (χ0n) is 20.8. The molecule has 1 aromatic rings. The summed E-state index contributed by atoms with van der Waals surface area (Å²) in [5.74, 6) is -0.341. The van der Waals surface area contributed by atoms with E-state index in [1.807, 2.05) is 0 Å². The van der Waals surface area contributed by atoms with E-state index in [1.54, 1.807) is 19.1 Å². The van der Waals surface area contributed by atoms with Crippen LogP contribution in [-0.4, -0.2) is 47.1 Å². The van der Waals surface area contributed by atoms with Crippen LogP contribution in [0.4, 0.5) is 5.69 Å². The van der Waals surface area contributed by atoms with Crippen LogP contribution in [0.3, 0.4) is 0 Å². The molecular formula is C26H46NO4P. The first-order valence-electron chi connectivity index (χ1n) is 12.8. The Balaban J connectivity index is 2.78. The second kappa shape index (κ2) is 15.5. The van der Waals surface area contributed by atoms with E-state index in [4.69, 9.17) is 0 Å². The number of rotatable bonds is 18. The van der Waals surface area contributed by atoms with E-state index in [-0.39, 0.29) is 24.0 Å². The van der Waals surface area contributed by atoms with Gasteiger partial charge in [-0.25, -0.2) is 0 Å². The van der Waals surface area contributed by atoms with Crippen molar-refractivity contribution in [1.82, 2.24) is 0 Å². The SMILES string of the molecule is CCCC[PH](CCCC)(CCCC)CCCCC(=O)c1ccc(C(C)CO)c([N+](=O)[O-])c1. The van der Waals surface area contributed by atoms with Crippen molar-refractivity contribution in [3.05, 3.63) is 39.4 Å². The number of carbonyl (C=O) groups excluding carboxylic acids is 1. The Morgan fingerprint density at radius 3 is 1.97 bits per heavy atom. The van der Waals surface area contributed by atoms with Crippen LogP contribution in [-0.2, 0) is 0 Å². The zero-order valence-corrected chi connectivity index (χ0v) is 21.8. The topological polar surface area (TPSA) is 80.4 Å². The molecular weight excluding hydrogens is 421 g/mol. The monoisotopic (exact) mass is 467 g/mol. The van der Waals surface area contributed by atoms with Gasteiger partial charge in [0.15, 0.2) is 0 Å². The molecule has 0 amide bonds. The van der Waals surface area contributed by atoms with Crippen LogP contribution < -0.4 is 0 Å². The molecule has 1 atom stereocenters. The molecule has 0 aliphatic rings. The van der Waals surface area contributed by atoms with Crippen molar-refractivity contribution in [3.63, 3.8) is 0 Å². The summed E-state index contributed by atoms with van der Waals surface area (Å²) in [5, 5.41) is 20.8. The van der Waals surface area contributed by atoms with E-state index in [1.165, 1.54) is 69.2 Å². The van der Waals surface area contributed by atoms with Crippen LogP contribution in [0, 0.1) is 10.1 Å². The van der Waals surface area contributed by atoms with Gasteiger partial charge in [-0.2, -0.15) is 0 Å². The molecule has 0 saturated carbocycles. The Bertz CT molecular complexity index is 685. The summed E-state index contributed by atoms with van der Waals surface area (Å²) in [6.45, 7) is 8.43. The molecule has 0 fully saturated rings. The van der Waals surface area contributed by atoms with Gasteiger partial charge in [-0.15, -0.1) is 0 Å². The van der Waals surface area contributed by atoms with Crippen molar-refractivity contribution in [1.29, 1.82) is 0 Å². The minimum atomic E-state index is -1.28. The number of nitro benzene ring substituents is 1. The third kappa shape index (κ3) is 9.27. The molecule has 1 aromatic carbocycles. The summed E-state index contributed by atoms with van der Waals surface area (Å²) in [5.41, 5.74) is 0.826. The Kier molecular flexibility index (Phi) is 13.9. The number of ketones is 1. The number of nitro groups is 1. The summed E-state index contributed by atoms with van der Waals surface area (Å²) in [6.07, 6.45) is 15.8. The fourth-order valence-corrected chi connectivity index (χ4v) is 10.5. The van der Waals surface area contributed by atoms with Crippen molar-refractivity contribution in [2.45, 2.75) is 91.4 Å². The van der Waals surface area contributed by atoms with Crippen LogP contribution in [0.25, 0.3) is 0 Å². The summed E-state index contributed by atoms with van der Waals surface area (Å²) in [6, 6.07) is 4.71. The zero-order chi connectivity index (χ0) is 24.0. The van der Waals surface area contributed by atoms with Crippen LogP contribution in [0.15, 0.2) is 18.2 Å². The molecule has 1 N–H and O–H groups in total. The third-order valence-electron chi connectivity index (χ3n) is 6.90. The molecule has 1 unspecified atom stereocenters. The number of nitrogens with zero attached hydrogens (tertiary/aromatic N) is 1. The van der Waals surface area contributed by atoms with Gasteiger partial charge in [0.25, 0.3) is 0 Å². The number of hydrogen-bond donors (Lipinski definition) is 1. The quantitative estimate of drug-likeness (QED) is 0.0814. The van der Waals surface area contributed by atoms with E-state index >= 15 is 0 Å². The van der Waals surface area contributed by atoms with E-state index < -0.39 is 12.2 Å². The predicted molar refractivity (Wildman–Crippen MR) is 139 cm³/mol. The number of aliphatic hydroxyl groups is 1. The first-order valence-corrected chi connectivity index (χ1v) is 15.6. The first kappa shape index (κ1) is 28.7. The Morgan fingerprint density at radius 2 is 1.50 bits per heavy atom. The fourth-order valence-electron chi connectivity index (χ4n) is 4.73. The molecule has 0 spiro atoms. The van der Waals surface area contributed by atoms with Gasteiger partial charge in [0.05, 0.1) is 0 Å². The minimum absolute atomic E-state index is 0.0146. The van der Waals surface area contributed by atoms with Gasteiger partial charge < -0.3 is 0 Å². The van der Waals surface area contributed by atoms with Crippen LogP contribution >= 0.6 is 7.26 Å². The molecule has 0 bridgehead atoms. The average Bonchev–Trinajstić information content (AvgIpc) is 2.81. The van der Waals surface area contributed by atoms with Gasteiger partial charge in [-0.05, 0) is 0 Å². The third-order valence-corrected chi connectivity index (χ3v) is 12.6. The Morgan fingerprint density at radius 1 is 0.969 bits per heavy atom. The Labute approximate surface area is 195 Å². The number of benzene rings is 1. The van der Waals surface area contributed by atoms with Gasteiger partial charge in [0.1, 0.15) is 0 Å². The van der Waals surface area contributed by atoms with Crippen LogP contribution in [0.1, 0.15) is 107 Å². The number of carbonyl (C=O) groups is 1. The molecule has 0 aliphatic heterocycles. The molecule has 5 nitrogen and oxygen atoms in total. The number of Topliss-reactive ketones (excluding diaryl/α,β-unsaturated/α-hetero) is 1. The maximum absolute atomic E-state index is 12.8. The molecule has 0 saturated heterocycles. The van der Waals surface area contributed by atoms with E-state index in [0.29, 0.717) is 17.5 Å². The second-order valence-corrected chi connectivity index (χ2v) is 14.6. The maximum atomic E-state index is 12.8. The van der Waals surface area contributed by atoms with Crippen molar-refractivity contribution in [2.24, 2.45) is 0 Å². The summed E-state index contributed by atoms with van der Waals surface area (Å²) >= 11 is 0. The second-order valence-electron chi connectivity index (χ2n) is 9.56. The molecule has 0 heterocycles. The first-order chi connectivity index (χ1) is 15.3. The van der Waals surface area contributed by atoms with Crippen molar-refractivity contribution >= 4 is 18.7 Å². The van der Waals surface area contributed by atoms with Gasteiger partial charge in [0.2, 0.25) is 0 Å². The van der Waals surface area contributed by atoms with Crippen molar-refractivity contribution < 1.29 is 14.8 Å². The Hall–Kier alpha value is -1.32. The van der Waals surface area contributed by atoms with Gasteiger partial charge in [0, 0.05) is 0 Å². The summed E-state index contributed by atoms with van der Waals surface area (Å²) in [7, 11) is -1.28. The van der Waals surface area contributed by atoms with Gasteiger partial charge >= 0.3 is 196 Å². The van der Waals surface area contributed by atoms with Gasteiger partial charge in [-0.3, -0.25) is 0 Å². The summed E-state index contributed by atoms with van der Waals surface area (Å²) < 4.78 is 0. The molecule has 0 radical (unpaired) electrons.